The Bertz CT molecular complexity index is 628. The summed E-state index contributed by atoms with van der Waals surface area (Å²) < 4.78 is 0. The molecule has 2 aromatic carbocycles. The van der Waals surface area contributed by atoms with Gasteiger partial charge in [0.25, 0.3) is 0 Å². The van der Waals surface area contributed by atoms with Gasteiger partial charge in [-0.25, -0.2) is 0 Å². The lowest BCUT2D eigenvalue weighted by Crippen LogP contribution is -2.25. The minimum atomic E-state index is -0.0119. The van der Waals surface area contributed by atoms with Gasteiger partial charge < -0.3 is 4.90 Å². The zero-order valence-electron chi connectivity index (χ0n) is 12.0. The molecule has 0 aliphatic carbocycles. The quantitative estimate of drug-likeness (QED) is 0.560. The fourth-order valence-electron chi connectivity index (χ4n) is 2.24. The van der Waals surface area contributed by atoms with Crippen molar-refractivity contribution >= 4 is 39.0 Å². The van der Waals surface area contributed by atoms with Gasteiger partial charge in [0, 0.05) is 40.3 Å². The van der Waals surface area contributed by atoms with Gasteiger partial charge in [0.05, 0.1) is 0 Å². The van der Waals surface area contributed by atoms with Crippen LogP contribution in [0.15, 0.2) is 48.5 Å². The van der Waals surface area contributed by atoms with Crippen LogP contribution in [0.1, 0.15) is 22.8 Å². The molecule has 0 saturated heterocycles. The predicted octanol–water partition coefficient (Wildman–Crippen LogP) is 4.79. The van der Waals surface area contributed by atoms with Gasteiger partial charge in [-0.15, -0.1) is 0 Å². The van der Waals surface area contributed by atoms with Crippen LogP contribution in [-0.4, -0.2) is 24.2 Å². The summed E-state index contributed by atoms with van der Waals surface area (Å²) in [6, 6.07) is 14.7. The summed E-state index contributed by atoms with van der Waals surface area (Å²) in [6.07, 6.45) is 0. The molecule has 110 valence electrons. The van der Waals surface area contributed by atoms with Gasteiger partial charge >= 0.3 is 0 Å². The standard InChI is InChI=1S/C17H17BrClNO/c1-12(18)11-20(2)16-9-8-14(19)10-15(16)17(21)13-6-4-3-5-7-13/h3-10,12H,11H2,1-2H3. The molecule has 0 radical (unpaired) electrons. The van der Waals surface area contributed by atoms with Crippen molar-refractivity contribution in [3.05, 3.63) is 64.7 Å². The van der Waals surface area contributed by atoms with Crippen molar-refractivity contribution in [2.75, 3.05) is 18.5 Å². The third-order valence-corrected chi connectivity index (χ3v) is 3.70. The number of carbonyl (C=O) groups excluding carboxylic acids is 1. The number of nitrogens with zero attached hydrogens (tertiary/aromatic N) is 1. The van der Waals surface area contributed by atoms with Crippen molar-refractivity contribution in [2.45, 2.75) is 11.8 Å². The zero-order valence-corrected chi connectivity index (χ0v) is 14.4. The monoisotopic (exact) mass is 365 g/mol. The second-order valence-electron chi connectivity index (χ2n) is 5.02. The third-order valence-electron chi connectivity index (χ3n) is 3.18. The maximum atomic E-state index is 12.7. The molecule has 2 rings (SSSR count). The Balaban J connectivity index is 2.42. The number of anilines is 1. The van der Waals surface area contributed by atoms with Crippen LogP contribution in [0.4, 0.5) is 5.69 Å². The molecule has 21 heavy (non-hydrogen) atoms. The second kappa shape index (κ2) is 7.10. The van der Waals surface area contributed by atoms with Gasteiger partial charge in [-0.05, 0) is 18.2 Å². The Morgan fingerprint density at radius 1 is 1.24 bits per heavy atom. The first kappa shape index (κ1) is 16.1. The Morgan fingerprint density at radius 3 is 2.52 bits per heavy atom. The van der Waals surface area contributed by atoms with Crippen LogP contribution in [0.5, 0.6) is 0 Å². The minimum absolute atomic E-state index is 0.0119. The first-order valence-electron chi connectivity index (χ1n) is 6.73. The predicted molar refractivity (Wildman–Crippen MR) is 93.0 cm³/mol. The fraction of sp³-hybridized carbons (Fsp3) is 0.235. The zero-order chi connectivity index (χ0) is 15.4. The van der Waals surface area contributed by atoms with E-state index in [2.05, 4.69) is 27.8 Å². The SMILES string of the molecule is CC(Br)CN(C)c1ccc(Cl)cc1C(=O)c1ccccc1. The van der Waals surface area contributed by atoms with Gasteiger partial charge in [-0.1, -0.05) is 64.8 Å². The van der Waals surface area contributed by atoms with E-state index in [4.69, 9.17) is 11.6 Å². The molecule has 0 saturated carbocycles. The van der Waals surface area contributed by atoms with E-state index < -0.39 is 0 Å². The normalized spacial score (nSPS) is 12.0. The van der Waals surface area contributed by atoms with Crippen molar-refractivity contribution in [1.82, 2.24) is 0 Å². The Labute approximate surface area is 138 Å². The van der Waals surface area contributed by atoms with Gasteiger partial charge in [-0.2, -0.15) is 0 Å². The molecule has 2 aromatic rings. The van der Waals surface area contributed by atoms with E-state index in [0.717, 1.165) is 12.2 Å². The summed E-state index contributed by atoms with van der Waals surface area (Å²) in [6.45, 7) is 2.88. The van der Waals surface area contributed by atoms with E-state index in [0.29, 0.717) is 21.0 Å². The number of halogens is 2. The fourth-order valence-corrected chi connectivity index (χ4v) is 2.85. The average Bonchev–Trinajstić information content (AvgIpc) is 2.46. The Kier molecular flexibility index (Phi) is 5.43. The molecule has 0 fully saturated rings. The smallest absolute Gasteiger partial charge is 0.195 e. The van der Waals surface area contributed by atoms with Crippen molar-refractivity contribution in [2.24, 2.45) is 0 Å². The van der Waals surface area contributed by atoms with E-state index >= 15 is 0 Å². The summed E-state index contributed by atoms with van der Waals surface area (Å²) in [7, 11) is 1.97. The molecule has 0 N–H and O–H groups in total. The van der Waals surface area contributed by atoms with E-state index in [-0.39, 0.29) is 5.78 Å². The van der Waals surface area contributed by atoms with Crippen LogP contribution in [-0.2, 0) is 0 Å². The highest BCUT2D eigenvalue weighted by molar-refractivity contribution is 9.09. The number of ketones is 1. The maximum absolute atomic E-state index is 12.7. The molecule has 0 bridgehead atoms. The van der Waals surface area contributed by atoms with Gasteiger partial charge in [0.15, 0.2) is 5.78 Å². The van der Waals surface area contributed by atoms with Crippen molar-refractivity contribution in [3.63, 3.8) is 0 Å². The van der Waals surface area contributed by atoms with Crippen molar-refractivity contribution in [1.29, 1.82) is 0 Å². The molecule has 0 heterocycles. The van der Waals surface area contributed by atoms with Crippen LogP contribution in [0, 0.1) is 0 Å². The third kappa shape index (κ3) is 4.08. The van der Waals surface area contributed by atoms with E-state index in [1.807, 2.05) is 49.5 Å². The second-order valence-corrected chi connectivity index (χ2v) is 7.02. The summed E-state index contributed by atoms with van der Waals surface area (Å²) in [5, 5.41) is 0.568. The van der Waals surface area contributed by atoms with Gasteiger partial charge in [0.2, 0.25) is 0 Å². The Morgan fingerprint density at radius 2 is 1.90 bits per heavy atom. The number of carbonyl (C=O) groups is 1. The Hall–Kier alpha value is -1.32. The molecule has 0 aliphatic rings. The van der Waals surface area contributed by atoms with Crippen molar-refractivity contribution < 1.29 is 4.79 Å². The number of hydrogen-bond donors (Lipinski definition) is 0. The largest absolute Gasteiger partial charge is 0.373 e. The molecule has 0 aromatic heterocycles. The number of rotatable bonds is 5. The van der Waals surface area contributed by atoms with Crippen LogP contribution < -0.4 is 4.90 Å². The van der Waals surface area contributed by atoms with Crippen molar-refractivity contribution in [3.8, 4) is 0 Å². The van der Waals surface area contributed by atoms with E-state index in [1.165, 1.54) is 0 Å². The molecule has 2 nitrogen and oxygen atoms in total. The first-order valence-corrected chi connectivity index (χ1v) is 8.03. The number of hydrogen-bond acceptors (Lipinski definition) is 2. The lowest BCUT2D eigenvalue weighted by molar-refractivity contribution is 0.103. The summed E-state index contributed by atoms with van der Waals surface area (Å²) in [5.41, 5.74) is 2.19. The highest BCUT2D eigenvalue weighted by Crippen LogP contribution is 2.26. The number of alkyl halides is 1. The van der Waals surface area contributed by atoms with Crippen LogP contribution in [0.2, 0.25) is 5.02 Å². The van der Waals surface area contributed by atoms with Gasteiger partial charge in [-0.3, -0.25) is 4.79 Å². The summed E-state index contributed by atoms with van der Waals surface area (Å²) >= 11 is 9.62. The molecule has 1 atom stereocenters. The van der Waals surface area contributed by atoms with Crippen LogP contribution >= 0.6 is 27.5 Å². The molecular formula is C17H17BrClNO. The molecule has 4 heteroatoms. The van der Waals surface area contributed by atoms with Gasteiger partial charge in [0.1, 0.15) is 0 Å². The first-order chi connectivity index (χ1) is 9.99. The van der Waals surface area contributed by atoms with E-state index in [1.54, 1.807) is 6.07 Å². The van der Waals surface area contributed by atoms with Crippen LogP contribution in [0.3, 0.4) is 0 Å². The molecule has 0 amide bonds. The molecule has 0 aliphatic heterocycles. The lowest BCUT2D eigenvalue weighted by atomic mass is 10.0. The van der Waals surface area contributed by atoms with Crippen LogP contribution in [0.25, 0.3) is 0 Å². The molecular weight excluding hydrogens is 350 g/mol. The lowest BCUT2D eigenvalue weighted by Gasteiger charge is -2.23. The highest BCUT2D eigenvalue weighted by Gasteiger charge is 2.17. The number of benzene rings is 2. The summed E-state index contributed by atoms with van der Waals surface area (Å²) in [5.74, 6) is -0.0119. The molecule has 0 spiro atoms. The minimum Gasteiger partial charge on any atom is -0.373 e. The van der Waals surface area contributed by atoms with E-state index in [9.17, 15) is 4.79 Å². The highest BCUT2D eigenvalue weighted by atomic mass is 79.9. The average molecular weight is 367 g/mol. The summed E-state index contributed by atoms with van der Waals surface area (Å²) in [4.78, 5) is 15.1. The topological polar surface area (TPSA) is 20.3 Å². The maximum Gasteiger partial charge on any atom is 0.195 e. The molecule has 1 unspecified atom stereocenters.